The number of anilines is 2. The van der Waals surface area contributed by atoms with Crippen molar-refractivity contribution in [3.63, 3.8) is 0 Å². The van der Waals surface area contributed by atoms with Crippen molar-refractivity contribution in [3.05, 3.63) is 46.9 Å². The van der Waals surface area contributed by atoms with Crippen LogP contribution in [0.25, 0.3) is 10.2 Å². The van der Waals surface area contributed by atoms with E-state index in [-0.39, 0.29) is 17.9 Å². The summed E-state index contributed by atoms with van der Waals surface area (Å²) in [6.07, 6.45) is -0.499. The van der Waals surface area contributed by atoms with Gasteiger partial charge in [0.2, 0.25) is 0 Å². The van der Waals surface area contributed by atoms with E-state index in [1.807, 2.05) is 11.8 Å². The monoisotopic (exact) mass is 479 g/mol. The zero-order valence-corrected chi connectivity index (χ0v) is 19.1. The predicted molar refractivity (Wildman–Crippen MR) is 123 cm³/mol. The summed E-state index contributed by atoms with van der Waals surface area (Å²) in [7, 11) is 0. The van der Waals surface area contributed by atoms with Crippen LogP contribution < -0.4 is 10.2 Å². The van der Waals surface area contributed by atoms with E-state index in [0.717, 1.165) is 0 Å². The molecule has 1 saturated heterocycles. The molecule has 0 saturated carbocycles. The highest BCUT2D eigenvalue weighted by Gasteiger charge is 2.30. The quantitative estimate of drug-likeness (QED) is 0.528. The van der Waals surface area contributed by atoms with Crippen LogP contribution in [-0.4, -0.2) is 62.9 Å². The molecule has 1 aliphatic rings. The van der Waals surface area contributed by atoms with Crippen LogP contribution in [0.4, 0.5) is 20.1 Å². The van der Waals surface area contributed by atoms with Gasteiger partial charge in [0.1, 0.15) is 17.7 Å². The molecule has 3 aromatic rings. The molecule has 32 heavy (non-hydrogen) atoms. The number of piperazine rings is 1. The van der Waals surface area contributed by atoms with Gasteiger partial charge in [-0.15, -0.1) is 0 Å². The molecule has 2 aromatic heterocycles. The first kappa shape index (κ1) is 22.7. The van der Waals surface area contributed by atoms with Crippen molar-refractivity contribution in [3.8, 4) is 0 Å². The number of thiazole rings is 1. The number of carbonyl (C=O) groups excluding carboxylic acids is 1. The third-order valence-electron chi connectivity index (χ3n) is 5.39. The largest absolute Gasteiger partial charge is 0.390 e. The fourth-order valence-electron chi connectivity index (χ4n) is 3.69. The Morgan fingerprint density at radius 2 is 2.12 bits per heavy atom. The number of urea groups is 1. The van der Waals surface area contributed by atoms with Crippen molar-refractivity contribution in [2.45, 2.75) is 32.1 Å². The maximum atomic E-state index is 13.4. The number of nitrogens with one attached hydrogen (secondary N) is 1. The van der Waals surface area contributed by atoms with E-state index in [4.69, 9.17) is 11.6 Å². The van der Waals surface area contributed by atoms with Gasteiger partial charge in [-0.25, -0.2) is 19.2 Å². The van der Waals surface area contributed by atoms with E-state index in [2.05, 4.69) is 15.3 Å². The van der Waals surface area contributed by atoms with Gasteiger partial charge >= 0.3 is 6.03 Å². The Bertz CT molecular complexity index is 1140. The number of aliphatic hydroxyl groups is 2. The average Bonchev–Trinajstić information content (AvgIpc) is 3.14. The van der Waals surface area contributed by atoms with Gasteiger partial charge < -0.3 is 20.0 Å². The Hall–Kier alpha value is -2.53. The lowest BCUT2D eigenvalue weighted by molar-refractivity contribution is 0.0303. The summed E-state index contributed by atoms with van der Waals surface area (Å²) in [4.78, 5) is 25.2. The van der Waals surface area contributed by atoms with E-state index in [1.165, 1.54) is 36.6 Å². The second-order valence-electron chi connectivity index (χ2n) is 7.81. The normalized spacial score (nSPS) is 18.6. The SMILES string of the molecule is C[C@H](O)[C@@H](O)c1cnc(N2CCN(C(=O)Nc3nc4ccc(F)cc4s3)[C@H](C)C2)c(Cl)c1. The molecule has 4 rings (SSSR count). The molecule has 3 N–H and O–H groups in total. The molecule has 8 nitrogen and oxygen atoms in total. The van der Waals surface area contributed by atoms with Crippen LogP contribution in [0.15, 0.2) is 30.5 Å². The van der Waals surface area contributed by atoms with E-state index >= 15 is 0 Å². The molecule has 0 spiro atoms. The first-order valence-corrected chi connectivity index (χ1v) is 11.3. The number of aliphatic hydroxyl groups excluding tert-OH is 2. The van der Waals surface area contributed by atoms with Crippen molar-refractivity contribution in [2.24, 2.45) is 0 Å². The Balaban J connectivity index is 1.42. The second kappa shape index (κ2) is 9.14. The Kier molecular flexibility index (Phi) is 6.47. The van der Waals surface area contributed by atoms with Gasteiger partial charge in [-0.05, 0) is 38.1 Å². The molecular weight excluding hydrogens is 457 g/mol. The molecule has 0 unspecified atom stereocenters. The molecule has 1 fully saturated rings. The van der Waals surface area contributed by atoms with Gasteiger partial charge in [-0.1, -0.05) is 22.9 Å². The molecule has 3 heterocycles. The first-order valence-electron chi connectivity index (χ1n) is 10.1. The number of halogens is 2. The molecule has 0 bridgehead atoms. The zero-order valence-electron chi connectivity index (χ0n) is 17.5. The van der Waals surface area contributed by atoms with Crippen molar-refractivity contribution in [2.75, 3.05) is 29.9 Å². The summed E-state index contributed by atoms with van der Waals surface area (Å²) in [5, 5.41) is 23.2. The number of pyridine rings is 1. The van der Waals surface area contributed by atoms with Gasteiger partial charge in [0, 0.05) is 37.4 Å². The highest BCUT2D eigenvalue weighted by atomic mass is 35.5. The molecule has 2 amide bonds. The zero-order chi connectivity index (χ0) is 23.0. The maximum absolute atomic E-state index is 13.4. The molecule has 11 heteroatoms. The highest BCUT2D eigenvalue weighted by Crippen LogP contribution is 2.30. The summed E-state index contributed by atoms with van der Waals surface area (Å²) >= 11 is 7.62. The summed E-state index contributed by atoms with van der Waals surface area (Å²) in [5.41, 5.74) is 1.07. The lowest BCUT2D eigenvalue weighted by Crippen LogP contribution is -2.55. The number of nitrogens with zero attached hydrogens (tertiary/aromatic N) is 4. The molecular formula is C21H23ClFN5O3S. The van der Waals surface area contributed by atoms with Crippen molar-refractivity contribution in [1.82, 2.24) is 14.9 Å². The number of aromatic nitrogens is 2. The lowest BCUT2D eigenvalue weighted by atomic mass is 10.1. The molecule has 0 aliphatic carbocycles. The van der Waals surface area contributed by atoms with Gasteiger partial charge in [-0.3, -0.25) is 5.32 Å². The third-order valence-corrected chi connectivity index (χ3v) is 6.61. The van der Waals surface area contributed by atoms with Gasteiger partial charge in [0.05, 0.1) is 21.3 Å². The number of carbonyl (C=O) groups is 1. The fourth-order valence-corrected chi connectivity index (χ4v) is 4.86. The van der Waals surface area contributed by atoms with Crippen LogP contribution in [0.5, 0.6) is 0 Å². The summed E-state index contributed by atoms with van der Waals surface area (Å²) in [5.74, 6) is 0.220. The fraction of sp³-hybridized carbons (Fsp3) is 0.381. The minimum absolute atomic E-state index is 0.129. The summed E-state index contributed by atoms with van der Waals surface area (Å²) in [6.45, 7) is 4.91. The number of rotatable bonds is 4. The van der Waals surface area contributed by atoms with Crippen molar-refractivity contribution >= 4 is 50.1 Å². The molecule has 170 valence electrons. The Labute approximate surface area is 193 Å². The number of amides is 2. The maximum Gasteiger partial charge on any atom is 0.324 e. The number of benzene rings is 1. The van der Waals surface area contributed by atoms with Crippen molar-refractivity contribution < 1.29 is 19.4 Å². The first-order chi connectivity index (χ1) is 15.2. The van der Waals surface area contributed by atoms with Gasteiger partial charge in [-0.2, -0.15) is 0 Å². The summed E-state index contributed by atoms with van der Waals surface area (Å²) < 4.78 is 14.1. The number of hydrogen-bond donors (Lipinski definition) is 3. The third kappa shape index (κ3) is 4.63. The van der Waals surface area contributed by atoms with Crippen LogP contribution in [0.2, 0.25) is 5.02 Å². The highest BCUT2D eigenvalue weighted by molar-refractivity contribution is 7.22. The second-order valence-corrected chi connectivity index (χ2v) is 9.25. The van der Waals surface area contributed by atoms with E-state index in [0.29, 0.717) is 51.4 Å². The number of hydrogen-bond acceptors (Lipinski definition) is 7. The van der Waals surface area contributed by atoms with E-state index < -0.39 is 12.2 Å². The Morgan fingerprint density at radius 3 is 2.81 bits per heavy atom. The van der Waals surface area contributed by atoms with E-state index in [1.54, 1.807) is 17.0 Å². The smallest absolute Gasteiger partial charge is 0.324 e. The molecule has 1 aliphatic heterocycles. The minimum atomic E-state index is -1.06. The Morgan fingerprint density at radius 1 is 1.34 bits per heavy atom. The lowest BCUT2D eigenvalue weighted by Gasteiger charge is -2.40. The average molecular weight is 480 g/mol. The number of fused-ring (bicyclic) bond motifs is 1. The van der Waals surface area contributed by atoms with Crippen LogP contribution in [-0.2, 0) is 0 Å². The van der Waals surface area contributed by atoms with Crippen LogP contribution >= 0.6 is 22.9 Å². The standard InChI is InChI=1S/C21H23ClFN5O3S/c1-11-10-27(19-15(22)7-13(9-24-19)18(30)12(2)29)5-6-28(11)21(31)26-20-25-16-4-3-14(23)8-17(16)32-20/h3-4,7-9,11-12,18,29-30H,5-6,10H2,1-2H3,(H,25,26,31)/t11-,12+,18-/m1/s1. The van der Waals surface area contributed by atoms with Gasteiger partial charge in [0.15, 0.2) is 5.13 Å². The molecule has 3 atom stereocenters. The predicted octanol–water partition coefficient (Wildman–Crippen LogP) is 3.64. The summed E-state index contributed by atoms with van der Waals surface area (Å²) in [6, 6.07) is 5.52. The topological polar surface area (TPSA) is 102 Å². The molecule has 1 aromatic carbocycles. The van der Waals surface area contributed by atoms with Crippen LogP contribution in [0.3, 0.4) is 0 Å². The minimum Gasteiger partial charge on any atom is -0.390 e. The molecule has 0 radical (unpaired) electrons. The van der Waals surface area contributed by atoms with E-state index in [9.17, 15) is 19.4 Å². The van der Waals surface area contributed by atoms with Crippen LogP contribution in [0.1, 0.15) is 25.5 Å². The van der Waals surface area contributed by atoms with Crippen molar-refractivity contribution in [1.29, 1.82) is 0 Å². The van der Waals surface area contributed by atoms with Crippen LogP contribution in [0, 0.1) is 5.82 Å². The van der Waals surface area contributed by atoms with Gasteiger partial charge in [0.25, 0.3) is 0 Å².